The largest absolute Gasteiger partial charge is 0.478 e. The van der Waals surface area contributed by atoms with E-state index in [1.165, 1.54) is 17.4 Å². The zero-order valence-electron chi connectivity index (χ0n) is 6.82. The lowest BCUT2D eigenvalue weighted by Crippen LogP contribution is -1.96. The van der Waals surface area contributed by atoms with Crippen molar-refractivity contribution in [2.75, 3.05) is 0 Å². The normalized spacial score (nSPS) is 10.7. The summed E-state index contributed by atoms with van der Waals surface area (Å²) in [6, 6.07) is 5.00. The molecule has 0 spiro atoms. The molecule has 1 heterocycles. The minimum absolute atomic E-state index is 0.246. The van der Waals surface area contributed by atoms with Gasteiger partial charge in [-0.15, -0.1) is 24.0 Å². The molecule has 1 aromatic carbocycles. The first-order valence-electron chi connectivity index (χ1n) is 3.73. The van der Waals surface area contributed by atoms with E-state index in [0.717, 1.165) is 4.70 Å². The number of hydrogen-bond acceptors (Lipinski definition) is 3. The van der Waals surface area contributed by atoms with Crippen molar-refractivity contribution in [3.8, 4) is 0 Å². The fraction of sp³-hybridized carbons (Fsp3) is 0. The quantitative estimate of drug-likeness (QED) is 0.753. The maximum Gasteiger partial charge on any atom is 0.336 e. The summed E-state index contributed by atoms with van der Waals surface area (Å²) in [5.41, 5.74) is 0.246. The van der Waals surface area contributed by atoms with Crippen molar-refractivity contribution in [1.82, 2.24) is 0 Å². The van der Waals surface area contributed by atoms with Gasteiger partial charge >= 0.3 is 5.97 Å². The lowest BCUT2D eigenvalue weighted by atomic mass is 10.1. The highest BCUT2D eigenvalue weighted by atomic mass is 35.5. The molecule has 0 bridgehead atoms. The molecule has 0 aliphatic rings. The third-order valence-corrected chi connectivity index (χ3v) is 3.29. The lowest BCUT2D eigenvalue weighted by Gasteiger charge is -1.98. The number of carboxylic acid groups (broad SMARTS) is 1. The summed E-state index contributed by atoms with van der Waals surface area (Å²) in [6.45, 7) is 0. The molecule has 5 heteroatoms. The third kappa shape index (κ3) is 1.61. The SMILES string of the molecule is O=C(O)c1cc(S)cc2sc(Cl)cc12. The standard InChI is InChI=1S/C9H5ClO2S2/c10-8-3-5-6(9(11)12)1-4(13)2-7(5)14-8/h1-3,13H,(H,11,12). The zero-order valence-corrected chi connectivity index (χ0v) is 9.29. The van der Waals surface area contributed by atoms with Gasteiger partial charge in [0.15, 0.2) is 0 Å². The van der Waals surface area contributed by atoms with E-state index in [2.05, 4.69) is 12.6 Å². The van der Waals surface area contributed by atoms with Crippen molar-refractivity contribution >= 4 is 51.6 Å². The molecule has 1 N–H and O–H groups in total. The average molecular weight is 245 g/mol. The van der Waals surface area contributed by atoms with E-state index in [-0.39, 0.29) is 5.56 Å². The van der Waals surface area contributed by atoms with E-state index < -0.39 is 5.97 Å². The first-order chi connectivity index (χ1) is 6.58. The van der Waals surface area contributed by atoms with Gasteiger partial charge in [-0.2, -0.15) is 0 Å². The predicted octanol–water partition coefficient (Wildman–Crippen LogP) is 3.54. The molecule has 1 aromatic heterocycles. The van der Waals surface area contributed by atoms with E-state index >= 15 is 0 Å². The van der Waals surface area contributed by atoms with Crippen LogP contribution in [0.1, 0.15) is 10.4 Å². The molecule has 72 valence electrons. The van der Waals surface area contributed by atoms with E-state index in [4.69, 9.17) is 16.7 Å². The van der Waals surface area contributed by atoms with Crippen LogP contribution in [-0.4, -0.2) is 11.1 Å². The third-order valence-electron chi connectivity index (χ3n) is 1.82. The Morgan fingerprint density at radius 2 is 2.14 bits per heavy atom. The average Bonchev–Trinajstić information content (AvgIpc) is 2.42. The van der Waals surface area contributed by atoms with Crippen LogP contribution >= 0.6 is 35.6 Å². The highest BCUT2D eigenvalue weighted by molar-refractivity contribution is 7.80. The minimum Gasteiger partial charge on any atom is -0.478 e. The van der Waals surface area contributed by atoms with Gasteiger partial charge in [0.1, 0.15) is 0 Å². The number of carbonyl (C=O) groups is 1. The maximum absolute atomic E-state index is 10.9. The Bertz CT molecular complexity index is 519. The van der Waals surface area contributed by atoms with Gasteiger partial charge in [0, 0.05) is 15.0 Å². The molecule has 0 saturated carbocycles. The number of fused-ring (bicyclic) bond motifs is 1. The molecule has 0 aliphatic carbocycles. The number of carboxylic acids is 1. The van der Waals surface area contributed by atoms with Crippen LogP contribution in [0.2, 0.25) is 4.34 Å². The van der Waals surface area contributed by atoms with Crippen LogP contribution in [0, 0.1) is 0 Å². The van der Waals surface area contributed by atoms with Crippen LogP contribution in [0.3, 0.4) is 0 Å². The molecule has 0 radical (unpaired) electrons. The van der Waals surface area contributed by atoms with Crippen LogP contribution in [0.25, 0.3) is 10.1 Å². The molecular formula is C9H5ClO2S2. The molecule has 0 saturated heterocycles. The number of aromatic carboxylic acids is 1. The Morgan fingerprint density at radius 1 is 1.43 bits per heavy atom. The number of benzene rings is 1. The Labute approximate surface area is 94.5 Å². The summed E-state index contributed by atoms with van der Waals surface area (Å²) in [5.74, 6) is -0.958. The molecule has 0 unspecified atom stereocenters. The van der Waals surface area contributed by atoms with Gasteiger partial charge in [-0.05, 0) is 18.2 Å². The van der Waals surface area contributed by atoms with Crippen molar-refractivity contribution in [2.24, 2.45) is 0 Å². The monoisotopic (exact) mass is 244 g/mol. The number of rotatable bonds is 1. The Morgan fingerprint density at radius 3 is 2.79 bits per heavy atom. The maximum atomic E-state index is 10.9. The number of thiol groups is 1. The summed E-state index contributed by atoms with van der Waals surface area (Å²) in [5, 5.41) is 9.62. The Hall–Kier alpha value is -0.710. The molecule has 0 atom stereocenters. The molecular weight excluding hydrogens is 240 g/mol. The summed E-state index contributed by atoms with van der Waals surface area (Å²) in [6.07, 6.45) is 0. The van der Waals surface area contributed by atoms with Gasteiger partial charge in [0.25, 0.3) is 0 Å². The van der Waals surface area contributed by atoms with Crippen LogP contribution in [0.4, 0.5) is 0 Å². The van der Waals surface area contributed by atoms with E-state index in [9.17, 15) is 4.79 Å². The van der Waals surface area contributed by atoms with E-state index in [1.807, 2.05) is 0 Å². The molecule has 2 aromatic rings. The number of thiophene rings is 1. The van der Waals surface area contributed by atoms with E-state index in [0.29, 0.717) is 14.6 Å². The molecule has 0 amide bonds. The second-order valence-electron chi connectivity index (χ2n) is 2.76. The summed E-state index contributed by atoms with van der Waals surface area (Å²) in [4.78, 5) is 11.5. The van der Waals surface area contributed by atoms with Crippen LogP contribution in [0.15, 0.2) is 23.1 Å². The number of halogens is 1. The number of hydrogen-bond donors (Lipinski definition) is 2. The van der Waals surface area contributed by atoms with Gasteiger partial charge in [0.2, 0.25) is 0 Å². The lowest BCUT2D eigenvalue weighted by molar-refractivity contribution is 0.0699. The molecule has 2 nitrogen and oxygen atoms in total. The smallest absolute Gasteiger partial charge is 0.336 e. The van der Waals surface area contributed by atoms with Crippen LogP contribution in [0.5, 0.6) is 0 Å². The molecule has 2 rings (SSSR count). The Kier molecular flexibility index (Phi) is 2.43. The summed E-state index contributed by atoms with van der Waals surface area (Å²) in [7, 11) is 0. The topological polar surface area (TPSA) is 37.3 Å². The van der Waals surface area contributed by atoms with Gasteiger partial charge in [-0.3, -0.25) is 0 Å². The second-order valence-corrected chi connectivity index (χ2v) is 4.99. The molecule has 14 heavy (non-hydrogen) atoms. The van der Waals surface area contributed by atoms with E-state index in [1.54, 1.807) is 12.1 Å². The summed E-state index contributed by atoms with van der Waals surface area (Å²) >= 11 is 11.3. The highest BCUT2D eigenvalue weighted by Gasteiger charge is 2.11. The summed E-state index contributed by atoms with van der Waals surface area (Å²) < 4.78 is 1.43. The van der Waals surface area contributed by atoms with Gasteiger partial charge in [-0.1, -0.05) is 11.6 Å². The fourth-order valence-electron chi connectivity index (χ4n) is 1.27. The van der Waals surface area contributed by atoms with Crippen LogP contribution < -0.4 is 0 Å². The van der Waals surface area contributed by atoms with Crippen molar-refractivity contribution in [1.29, 1.82) is 0 Å². The zero-order chi connectivity index (χ0) is 10.3. The molecule has 0 aliphatic heterocycles. The van der Waals surface area contributed by atoms with Gasteiger partial charge in [0.05, 0.1) is 9.90 Å². The predicted molar refractivity (Wildman–Crippen MR) is 61.0 cm³/mol. The van der Waals surface area contributed by atoms with Crippen molar-refractivity contribution in [3.05, 3.63) is 28.1 Å². The van der Waals surface area contributed by atoms with Crippen molar-refractivity contribution in [3.63, 3.8) is 0 Å². The first-order valence-corrected chi connectivity index (χ1v) is 5.37. The highest BCUT2D eigenvalue weighted by Crippen LogP contribution is 2.33. The van der Waals surface area contributed by atoms with Gasteiger partial charge < -0.3 is 5.11 Å². The van der Waals surface area contributed by atoms with Gasteiger partial charge in [-0.25, -0.2) is 4.79 Å². The fourth-order valence-corrected chi connectivity index (χ4v) is 2.83. The van der Waals surface area contributed by atoms with Crippen molar-refractivity contribution in [2.45, 2.75) is 4.90 Å². The minimum atomic E-state index is -0.958. The van der Waals surface area contributed by atoms with Crippen molar-refractivity contribution < 1.29 is 9.90 Å². The van der Waals surface area contributed by atoms with Crippen LogP contribution in [-0.2, 0) is 0 Å². The first kappa shape index (κ1) is 9.83. The second kappa shape index (κ2) is 3.46. The Balaban J connectivity index is 2.85. The molecule has 0 fully saturated rings.